The molecule has 0 rings (SSSR count). The largest absolute Gasteiger partial charge is 0.772 e. The Kier molecular flexibility index (Phi) is 5.75. The molecule has 0 amide bonds. The van der Waals surface area contributed by atoms with Crippen LogP contribution in [0.1, 0.15) is 26.7 Å². The number of rotatable bonds is 6. The predicted molar refractivity (Wildman–Crippen MR) is 51.9 cm³/mol. The molecule has 0 aliphatic heterocycles. The van der Waals surface area contributed by atoms with Crippen molar-refractivity contribution < 1.29 is 17.2 Å². The van der Waals surface area contributed by atoms with E-state index in [9.17, 15) is 17.2 Å². The van der Waals surface area contributed by atoms with Crippen molar-refractivity contribution >= 4 is 20.9 Å². The van der Waals surface area contributed by atoms with Crippen molar-refractivity contribution in [3.8, 4) is 0 Å². The van der Waals surface area contributed by atoms with Gasteiger partial charge in [0.05, 0.1) is 11.0 Å². The topological polar surface area (TPSA) is 74.3 Å². The zero-order valence-electron chi connectivity index (χ0n) is 7.86. The summed E-state index contributed by atoms with van der Waals surface area (Å²) in [6.07, 6.45) is 0.844. The molecule has 0 saturated heterocycles. The third-order valence-corrected chi connectivity index (χ3v) is 4.62. The zero-order chi connectivity index (χ0) is 10.5. The molecule has 0 bridgehead atoms. The van der Waals surface area contributed by atoms with Crippen molar-refractivity contribution in [1.29, 1.82) is 0 Å². The Balaban J connectivity index is 3.72. The second kappa shape index (κ2) is 5.72. The van der Waals surface area contributed by atoms with Gasteiger partial charge in [-0.05, 0) is 26.7 Å². The Hall–Kier alpha value is 0.0600. The fourth-order valence-electron chi connectivity index (χ4n) is 0.759. The molecular formula is C7H15O4S2-. The summed E-state index contributed by atoms with van der Waals surface area (Å²) >= 11 is -2.05. The van der Waals surface area contributed by atoms with Crippen LogP contribution in [0.15, 0.2) is 0 Å². The first kappa shape index (κ1) is 13.1. The molecule has 0 aromatic heterocycles. The van der Waals surface area contributed by atoms with E-state index in [0.29, 0.717) is 12.8 Å². The Morgan fingerprint density at radius 3 is 2.23 bits per heavy atom. The Labute approximate surface area is 81.9 Å². The van der Waals surface area contributed by atoms with Crippen molar-refractivity contribution in [3.63, 3.8) is 0 Å². The highest BCUT2D eigenvalue weighted by molar-refractivity contribution is 7.91. The van der Waals surface area contributed by atoms with Gasteiger partial charge in [-0.15, -0.1) is 0 Å². The van der Waals surface area contributed by atoms with E-state index in [2.05, 4.69) is 0 Å². The fraction of sp³-hybridized carbons (Fsp3) is 1.00. The molecule has 0 aliphatic rings. The van der Waals surface area contributed by atoms with Crippen LogP contribution in [0.4, 0.5) is 0 Å². The maximum absolute atomic E-state index is 11.2. The molecule has 80 valence electrons. The number of hydrogen-bond acceptors (Lipinski definition) is 4. The Morgan fingerprint density at radius 1 is 1.31 bits per heavy atom. The van der Waals surface area contributed by atoms with E-state index in [0.717, 1.165) is 0 Å². The normalized spacial score (nSPS) is 14.8. The van der Waals surface area contributed by atoms with Gasteiger partial charge in [0.25, 0.3) is 0 Å². The highest BCUT2D eigenvalue weighted by Crippen LogP contribution is 2.04. The predicted octanol–water partition coefficient (Wildman–Crippen LogP) is 0.469. The SMILES string of the molecule is CC(C)S(=O)(=O)CCCCS(=O)[O-]. The Morgan fingerprint density at radius 2 is 1.85 bits per heavy atom. The molecule has 0 radical (unpaired) electrons. The van der Waals surface area contributed by atoms with E-state index in [1.807, 2.05) is 0 Å². The van der Waals surface area contributed by atoms with E-state index in [4.69, 9.17) is 0 Å². The first-order valence-electron chi connectivity index (χ1n) is 4.13. The molecule has 0 aliphatic carbocycles. The van der Waals surface area contributed by atoms with Gasteiger partial charge in [-0.25, -0.2) is 8.42 Å². The van der Waals surface area contributed by atoms with Gasteiger partial charge < -0.3 is 4.55 Å². The van der Waals surface area contributed by atoms with Gasteiger partial charge >= 0.3 is 0 Å². The van der Waals surface area contributed by atoms with Crippen molar-refractivity contribution in [2.45, 2.75) is 31.9 Å². The van der Waals surface area contributed by atoms with Crippen LogP contribution in [0, 0.1) is 0 Å². The molecule has 0 fully saturated rings. The zero-order valence-corrected chi connectivity index (χ0v) is 9.49. The number of unbranched alkanes of at least 4 members (excludes halogenated alkanes) is 1. The standard InChI is InChI=1S/C7H16O4S2/c1-7(2)13(10,11)6-4-3-5-12(8)9/h7H,3-6H2,1-2H3,(H,8,9)/p-1. The fourth-order valence-corrected chi connectivity index (χ4v) is 2.28. The van der Waals surface area contributed by atoms with Crippen LogP contribution >= 0.6 is 0 Å². The monoisotopic (exact) mass is 227 g/mol. The highest BCUT2D eigenvalue weighted by atomic mass is 32.2. The minimum atomic E-state index is -3.00. The maximum atomic E-state index is 11.2. The van der Waals surface area contributed by atoms with Gasteiger partial charge in [0.2, 0.25) is 0 Å². The van der Waals surface area contributed by atoms with E-state index >= 15 is 0 Å². The van der Waals surface area contributed by atoms with Crippen LogP contribution in [0.5, 0.6) is 0 Å². The first-order valence-corrected chi connectivity index (χ1v) is 7.09. The van der Waals surface area contributed by atoms with Gasteiger partial charge in [0.1, 0.15) is 0 Å². The molecule has 1 atom stereocenters. The van der Waals surface area contributed by atoms with Gasteiger partial charge in [-0.2, -0.15) is 0 Å². The number of hydrogen-bond donors (Lipinski definition) is 0. The summed E-state index contributed by atoms with van der Waals surface area (Å²) < 4.78 is 42.7. The molecule has 13 heavy (non-hydrogen) atoms. The van der Waals surface area contributed by atoms with Crippen LogP contribution in [0.2, 0.25) is 0 Å². The molecular weight excluding hydrogens is 212 g/mol. The van der Waals surface area contributed by atoms with Crippen LogP contribution < -0.4 is 0 Å². The Bertz CT molecular complexity index is 256. The summed E-state index contributed by atoms with van der Waals surface area (Å²) in [7, 11) is -3.00. The molecule has 0 heterocycles. The van der Waals surface area contributed by atoms with Crippen LogP contribution in [0.25, 0.3) is 0 Å². The van der Waals surface area contributed by atoms with Crippen molar-refractivity contribution in [2.75, 3.05) is 11.5 Å². The van der Waals surface area contributed by atoms with E-state index in [-0.39, 0.29) is 16.8 Å². The summed E-state index contributed by atoms with van der Waals surface area (Å²) in [6.45, 7) is 3.25. The lowest BCUT2D eigenvalue weighted by atomic mass is 10.4. The van der Waals surface area contributed by atoms with Gasteiger partial charge in [-0.1, -0.05) is 11.1 Å². The van der Waals surface area contributed by atoms with Gasteiger partial charge in [0, 0.05) is 5.75 Å². The van der Waals surface area contributed by atoms with E-state index in [1.54, 1.807) is 13.8 Å². The smallest absolute Gasteiger partial charge is 0.152 e. The quantitative estimate of drug-likeness (QED) is 0.488. The lowest BCUT2D eigenvalue weighted by Crippen LogP contribution is -2.18. The summed E-state index contributed by atoms with van der Waals surface area (Å²) in [5.74, 6) is 0.134. The van der Waals surface area contributed by atoms with Crippen molar-refractivity contribution in [3.05, 3.63) is 0 Å². The highest BCUT2D eigenvalue weighted by Gasteiger charge is 2.14. The van der Waals surface area contributed by atoms with Crippen LogP contribution in [-0.4, -0.2) is 33.9 Å². The molecule has 0 spiro atoms. The van der Waals surface area contributed by atoms with Crippen molar-refractivity contribution in [1.82, 2.24) is 0 Å². The van der Waals surface area contributed by atoms with Crippen LogP contribution in [-0.2, 0) is 20.9 Å². The summed E-state index contributed by atoms with van der Waals surface area (Å²) in [4.78, 5) is 0. The first-order chi connectivity index (χ1) is 5.86. The summed E-state index contributed by atoms with van der Waals surface area (Å²) in [5.41, 5.74) is 0. The minimum Gasteiger partial charge on any atom is -0.772 e. The molecule has 1 unspecified atom stereocenters. The number of sulfone groups is 1. The summed E-state index contributed by atoms with van der Waals surface area (Å²) in [5, 5.41) is -0.370. The van der Waals surface area contributed by atoms with Gasteiger partial charge in [-0.3, -0.25) is 4.21 Å². The molecule has 0 aromatic rings. The second-order valence-electron chi connectivity index (χ2n) is 3.13. The van der Waals surface area contributed by atoms with E-state index in [1.165, 1.54) is 0 Å². The van der Waals surface area contributed by atoms with Gasteiger partial charge in [0.15, 0.2) is 9.84 Å². The molecule has 0 saturated carbocycles. The lowest BCUT2D eigenvalue weighted by molar-refractivity contribution is 0.533. The summed E-state index contributed by atoms with van der Waals surface area (Å²) in [6, 6.07) is 0. The van der Waals surface area contributed by atoms with Crippen LogP contribution in [0.3, 0.4) is 0 Å². The molecule has 0 aromatic carbocycles. The lowest BCUT2D eigenvalue weighted by Gasteiger charge is -2.07. The minimum absolute atomic E-state index is 0.0492. The maximum Gasteiger partial charge on any atom is 0.152 e. The molecule has 0 N–H and O–H groups in total. The van der Waals surface area contributed by atoms with Crippen molar-refractivity contribution in [2.24, 2.45) is 0 Å². The second-order valence-corrected chi connectivity index (χ2v) is 6.82. The average Bonchev–Trinajstić information content (AvgIpc) is 1.97. The molecule has 6 heteroatoms. The average molecular weight is 227 g/mol. The third kappa shape index (κ3) is 6.17. The van der Waals surface area contributed by atoms with E-state index < -0.39 is 20.9 Å². The molecule has 4 nitrogen and oxygen atoms in total. The third-order valence-electron chi connectivity index (χ3n) is 1.71.